The van der Waals surface area contributed by atoms with Gasteiger partial charge in [-0.15, -0.1) is 0 Å². The molecule has 0 bridgehead atoms. The molecule has 7 rings (SSSR count). The number of benzene rings is 4. The lowest BCUT2D eigenvalue weighted by molar-refractivity contribution is -0.138. The zero-order chi connectivity index (χ0) is 37.8. The van der Waals surface area contributed by atoms with Gasteiger partial charge < -0.3 is 25.2 Å². The number of piperidine rings is 1. The van der Waals surface area contributed by atoms with Crippen LogP contribution in [-0.4, -0.2) is 71.6 Å². The summed E-state index contributed by atoms with van der Waals surface area (Å²) in [5, 5.41) is 22.7. The second-order valence-corrected chi connectivity index (χ2v) is 15.0. The summed E-state index contributed by atoms with van der Waals surface area (Å²) in [6.45, 7) is 4.16. The van der Waals surface area contributed by atoms with E-state index in [-0.39, 0.29) is 24.3 Å². The Labute approximate surface area is 325 Å². The molecule has 2 fully saturated rings. The lowest BCUT2D eigenvalue weighted by Crippen LogP contribution is -2.35. The minimum Gasteiger partial charge on any atom is -0.496 e. The van der Waals surface area contributed by atoms with Crippen LogP contribution in [0.5, 0.6) is 11.5 Å². The number of carbonyl (C=O) groups excluding carboxylic acids is 1. The summed E-state index contributed by atoms with van der Waals surface area (Å²) in [6.07, 6.45) is 5.29. The Morgan fingerprint density at radius 1 is 0.907 bits per heavy atom. The molecule has 0 spiro atoms. The summed E-state index contributed by atoms with van der Waals surface area (Å²) in [6, 6.07) is 22.5. The summed E-state index contributed by atoms with van der Waals surface area (Å²) in [7, 11) is 3.34. The molecule has 2 saturated heterocycles. The number of hydrogen-bond acceptors (Lipinski definition) is 7. The molecule has 3 heterocycles. The molecule has 1 amide bonds. The summed E-state index contributed by atoms with van der Waals surface area (Å²) in [5.41, 5.74) is 7.60. The number of nitrogens with one attached hydrogen (secondary N) is 2. The maximum Gasteiger partial charge on any atom is 0.303 e. The molecule has 1 atom stereocenters. The quantitative estimate of drug-likeness (QED) is 0.105. The van der Waals surface area contributed by atoms with Crippen LogP contribution in [0.1, 0.15) is 48.8 Å². The molecule has 5 aromatic rings. The second-order valence-electron chi connectivity index (χ2n) is 14.2. The number of carboxylic acids is 1. The van der Waals surface area contributed by atoms with E-state index in [0.717, 1.165) is 93.7 Å². The van der Waals surface area contributed by atoms with Crippen LogP contribution in [0.15, 0.2) is 72.9 Å². The third-order valence-corrected chi connectivity index (χ3v) is 11.5. The normalized spacial score (nSPS) is 16.5. The fourth-order valence-electron chi connectivity index (χ4n) is 7.77. The van der Waals surface area contributed by atoms with Crippen LogP contribution in [0.3, 0.4) is 0 Å². The molecule has 0 saturated carbocycles. The average Bonchev–Trinajstić information content (AvgIpc) is 3.78. The maximum atomic E-state index is 11.6. The van der Waals surface area contributed by atoms with Crippen molar-refractivity contribution < 1.29 is 24.2 Å². The number of carboxylic acid groups (broad SMARTS) is 1. The van der Waals surface area contributed by atoms with Crippen molar-refractivity contribution in [1.29, 1.82) is 0 Å². The van der Waals surface area contributed by atoms with Crippen molar-refractivity contribution in [3.05, 3.63) is 99.7 Å². The molecule has 10 nitrogen and oxygen atoms in total. The van der Waals surface area contributed by atoms with Gasteiger partial charge in [-0.05, 0) is 79.2 Å². The lowest BCUT2D eigenvalue weighted by atomic mass is 9.93. The van der Waals surface area contributed by atoms with Gasteiger partial charge in [0.25, 0.3) is 0 Å². The van der Waals surface area contributed by atoms with Gasteiger partial charge in [0, 0.05) is 71.2 Å². The van der Waals surface area contributed by atoms with E-state index in [0.29, 0.717) is 42.6 Å². The van der Waals surface area contributed by atoms with Crippen LogP contribution in [0, 0.1) is 5.92 Å². The highest BCUT2D eigenvalue weighted by Gasteiger charge is 2.24. The molecule has 1 unspecified atom stereocenters. The van der Waals surface area contributed by atoms with Crippen molar-refractivity contribution in [2.24, 2.45) is 5.92 Å². The molecule has 2 aliphatic heterocycles. The first kappa shape index (κ1) is 37.7. The van der Waals surface area contributed by atoms with Crippen molar-refractivity contribution in [1.82, 2.24) is 25.3 Å². The molecule has 54 heavy (non-hydrogen) atoms. The minimum atomic E-state index is -0.727. The van der Waals surface area contributed by atoms with Crippen molar-refractivity contribution in [2.75, 3.05) is 33.9 Å². The summed E-state index contributed by atoms with van der Waals surface area (Å²) >= 11 is 14.1. The Balaban J connectivity index is 1.08. The summed E-state index contributed by atoms with van der Waals surface area (Å²) in [4.78, 5) is 25.0. The summed E-state index contributed by atoms with van der Waals surface area (Å²) in [5.74, 6) is 1.14. The van der Waals surface area contributed by atoms with Gasteiger partial charge >= 0.3 is 5.97 Å². The fourth-order valence-corrected chi connectivity index (χ4v) is 8.35. The van der Waals surface area contributed by atoms with Gasteiger partial charge in [0.05, 0.1) is 37.5 Å². The molecule has 12 heteroatoms. The Kier molecular flexibility index (Phi) is 11.7. The van der Waals surface area contributed by atoms with Gasteiger partial charge in [-0.3, -0.25) is 19.2 Å². The van der Waals surface area contributed by atoms with E-state index in [9.17, 15) is 9.59 Å². The van der Waals surface area contributed by atoms with E-state index in [1.54, 1.807) is 14.2 Å². The molecule has 0 radical (unpaired) electrons. The van der Waals surface area contributed by atoms with Gasteiger partial charge in [-0.1, -0.05) is 65.7 Å². The highest BCUT2D eigenvalue weighted by molar-refractivity contribution is 6.36. The van der Waals surface area contributed by atoms with E-state index in [2.05, 4.69) is 39.8 Å². The van der Waals surface area contributed by atoms with Crippen LogP contribution < -0.4 is 20.1 Å². The predicted molar refractivity (Wildman–Crippen MR) is 212 cm³/mol. The first-order chi connectivity index (χ1) is 26.2. The lowest BCUT2D eigenvalue weighted by Gasteiger charge is -2.31. The van der Waals surface area contributed by atoms with Crippen molar-refractivity contribution in [3.8, 4) is 33.8 Å². The number of fused-ring (bicyclic) bond motifs is 1. The van der Waals surface area contributed by atoms with Crippen molar-refractivity contribution in [3.63, 3.8) is 0 Å². The Morgan fingerprint density at radius 2 is 1.65 bits per heavy atom. The maximum absolute atomic E-state index is 11.6. The van der Waals surface area contributed by atoms with Crippen LogP contribution in [0.2, 0.25) is 10.0 Å². The number of halogens is 2. The fraction of sp³-hybridized carbons (Fsp3) is 0.357. The Hall–Kier alpha value is -4.61. The number of rotatable bonds is 14. The number of ether oxygens (including phenoxy) is 2. The van der Waals surface area contributed by atoms with Crippen molar-refractivity contribution >= 4 is 46.0 Å². The number of aromatic nitrogens is 2. The molecule has 1 aromatic heterocycles. The molecule has 0 aliphatic carbocycles. The van der Waals surface area contributed by atoms with Gasteiger partial charge in [0.2, 0.25) is 5.91 Å². The topological polar surface area (TPSA) is 118 Å². The number of carbonyl (C=O) groups is 2. The number of nitrogens with zero attached hydrogens (tertiary/aromatic N) is 3. The van der Waals surface area contributed by atoms with Gasteiger partial charge in [-0.2, -0.15) is 5.10 Å². The van der Waals surface area contributed by atoms with Crippen LogP contribution in [-0.2, 0) is 29.2 Å². The van der Waals surface area contributed by atoms with Crippen LogP contribution >= 0.6 is 23.2 Å². The third-order valence-electron chi connectivity index (χ3n) is 10.7. The van der Waals surface area contributed by atoms with E-state index in [1.165, 1.54) is 0 Å². The minimum absolute atomic E-state index is 0.113. The highest BCUT2D eigenvalue weighted by Crippen LogP contribution is 2.41. The largest absolute Gasteiger partial charge is 0.496 e. The SMILES string of the molecule is COc1cc(-c2cccc(-c3cccc4c3cnn4Cc3cc(OC)c(CN4CCC(CC(=O)O)CC4)cc3Cl)c2Cl)ccc1CNCC1CCC(=O)N1. The standard InChI is InChI=1S/C42H45Cl2N5O5/c1-53-38-19-27(9-10-28(38)21-45-22-31-11-12-40(50)47-31)32-5-3-7-34(42(32)44)33-6-4-8-37-35(33)23-46-49(37)25-29-20-39(54-2)30(18-36(29)43)24-48-15-13-26(14-16-48)17-41(51)52/h3-10,18-20,23,26,31,45H,11-17,21-22,24-25H2,1-2H3,(H,47,50)(H,51,52). The molecule has 2 aliphatic rings. The van der Waals surface area contributed by atoms with Crippen LogP contribution in [0.25, 0.3) is 33.2 Å². The predicted octanol–water partition coefficient (Wildman–Crippen LogP) is 7.80. The second kappa shape index (κ2) is 16.8. The number of likely N-dealkylation sites (tertiary alicyclic amines) is 1. The number of methoxy groups -OCH3 is 2. The summed E-state index contributed by atoms with van der Waals surface area (Å²) < 4.78 is 13.6. The Morgan fingerprint density at radius 3 is 2.39 bits per heavy atom. The molecule has 4 aromatic carbocycles. The van der Waals surface area contributed by atoms with Gasteiger partial charge in [0.15, 0.2) is 0 Å². The number of hydrogen-bond donors (Lipinski definition) is 3. The van der Waals surface area contributed by atoms with Crippen LogP contribution in [0.4, 0.5) is 0 Å². The molecule has 282 valence electrons. The van der Waals surface area contributed by atoms with Gasteiger partial charge in [0.1, 0.15) is 11.5 Å². The molecular weight excluding hydrogens is 725 g/mol. The smallest absolute Gasteiger partial charge is 0.303 e. The molecular formula is C42H45Cl2N5O5. The van der Waals surface area contributed by atoms with Crippen molar-refractivity contribution in [2.45, 2.75) is 57.8 Å². The highest BCUT2D eigenvalue weighted by atomic mass is 35.5. The number of amides is 1. The van der Waals surface area contributed by atoms with E-state index < -0.39 is 5.97 Å². The third kappa shape index (κ3) is 8.37. The monoisotopic (exact) mass is 769 g/mol. The first-order valence-electron chi connectivity index (χ1n) is 18.4. The number of aliphatic carboxylic acids is 1. The Bertz CT molecular complexity index is 2160. The zero-order valence-electron chi connectivity index (χ0n) is 30.5. The van der Waals surface area contributed by atoms with E-state index in [1.807, 2.05) is 53.3 Å². The van der Waals surface area contributed by atoms with Gasteiger partial charge in [-0.25, -0.2) is 0 Å². The average molecular weight is 771 g/mol. The van der Waals surface area contributed by atoms with E-state index in [4.69, 9.17) is 42.9 Å². The zero-order valence-corrected chi connectivity index (χ0v) is 32.1. The molecule has 3 N–H and O–H groups in total. The first-order valence-corrected chi connectivity index (χ1v) is 19.2. The van der Waals surface area contributed by atoms with E-state index >= 15 is 0 Å².